The van der Waals surface area contributed by atoms with E-state index in [2.05, 4.69) is 20.3 Å². The van der Waals surface area contributed by atoms with Gasteiger partial charge in [0.25, 0.3) is 11.5 Å². The quantitative estimate of drug-likeness (QED) is 0.411. The Morgan fingerprint density at radius 1 is 1.33 bits per heavy atom. The van der Waals surface area contributed by atoms with Crippen molar-refractivity contribution >= 4 is 28.1 Å². The number of hydrogen-bond donors (Lipinski definition) is 3. The standard InChI is InChI=1S/C22H22FN5O4S/c1-10-6-11(23)8-25-18(10)32-19-16(33-21(27-19)22(2,3)31)13-9-28(5)20(30)15-12(13)7-14(26-15)17(29)24-4/h6-9,26,31H,1-5H3,(H,24,29). The molecule has 4 aromatic rings. The van der Waals surface area contributed by atoms with Crippen molar-refractivity contribution in [1.82, 2.24) is 24.8 Å². The van der Waals surface area contributed by atoms with Crippen molar-refractivity contribution in [3.8, 4) is 22.2 Å². The van der Waals surface area contributed by atoms with Crippen LogP contribution in [0, 0.1) is 12.7 Å². The zero-order valence-electron chi connectivity index (χ0n) is 18.6. The van der Waals surface area contributed by atoms with E-state index in [-0.39, 0.29) is 34.4 Å². The van der Waals surface area contributed by atoms with E-state index in [0.717, 1.165) is 6.20 Å². The predicted octanol–water partition coefficient (Wildman–Crippen LogP) is 3.21. The number of carbonyl (C=O) groups is 1. The average Bonchev–Trinajstić information content (AvgIpc) is 3.37. The van der Waals surface area contributed by atoms with Gasteiger partial charge in [0.15, 0.2) is 0 Å². The average molecular weight is 472 g/mol. The van der Waals surface area contributed by atoms with Gasteiger partial charge in [0.2, 0.25) is 11.8 Å². The predicted molar refractivity (Wildman–Crippen MR) is 122 cm³/mol. The van der Waals surface area contributed by atoms with Crippen molar-refractivity contribution < 1.29 is 19.0 Å². The van der Waals surface area contributed by atoms with Gasteiger partial charge in [-0.25, -0.2) is 14.4 Å². The molecule has 4 heterocycles. The van der Waals surface area contributed by atoms with E-state index in [1.165, 1.54) is 29.0 Å². The lowest BCUT2D eigenvalue weighted by molar-refractivity contribution is 0.0778. The minimum absolute atomic E-state index is 0.141. The molecule has 0 aliphatic heterocycles. The summed E-state index contributed by atoms with van der Waals surface area (Å²) in [6.45, 7) is 4.84. The molecule has 11 heteroatoms. The Hall–Kier alpha value is -3.57. The van der Waals surface area contributed by atoms with Crippen LogP contribution in [0.25, 0.3) is 21.3 Å². The molecule has 33 heavy (non-hydrogen) atoms. The lowest BCUT2D eigenvalue weighted by Gasteiger charge is -2.12. The molecule has 0 spiro atoms. The number of hydrogen-bond acceptors (Lipinski definition) is 7. The number of nitrogens with one attached hydrogen (secondary N) is 2. The number of H-pyrrole nitrogens is 1. The summed E-state index contributed by atoms with van der Waals surface area (Å²) >= 11 is 1.18. The van der Waals surface area contributed by atoms with Gasteiger partial charge in [0, 0.05) is 36.8 Å². The molecule has 4 rings (SSSR count). The number of aromatic nitrogens is 4. The normalized spacial score (nSPS) is 11.7. The van der Waals surface area contributed by atoms with Crippen LogP contribution in [0.15, 0.2) is 29.3 Å². The molecule has 0 saturated carbocycles. The molecule has 0 saturated heterocycles. The zero-order valence-corrected chi connectivity index (χ0v) is 19.4. The van der Waals surface area contributed by atoms with Gasteiger partial charge >= 0.3 is 0 Å². The van der Waals surface area contributed by atoms with Crippen LogP contribution in [0.4, 0.5) is 4.39 Å². The van der Waals surface area contributed by atoms with Crippen LogP contribution in [0.1, 0.15) is 34.9 Å². The fraction of sp³-hybridized carbons (Fsp3) is 0.273. The molecule has 0 fully saturated rings. The summed E-state index contributed by atoms with van der Waals surface area (Å²) in [5, 5.41) is 14.0. The SMILES string of the molecule is CNC(=O)c1cc2c(-c3sc(C(C)(C)O)nc3Oc3ncc(F)cc3C)cn(C)c(=O)c2[nH]1. The minimum atomic E-state index is -1.27. The van der Waals surface area contributed by atoms with Crippen LogP contribution in [-0.2, 0) is 12.6 Å². The first-order valence-corrected chi connectivity index (χ1v) is 10.8. The first-order chi connectivity index (χ1) is 15.5. The third kappa shape index (κ3) is 4.12. The largest absolute Gasteiger partial charge is 0.419 e. The number of nitrogens with zero attached hydrogens (tertiary/aromatic N) is 3. The fourth-order valence-electron chi connectivity index (χ4n) is 3.31. The monoisotopic (exact) mass is 471 g/mol. The Kier molecular flexibility index (Phi) is 5.54. The number of aliphatic hydroxyl groups is 1. The Morgan fingerprint density at radius 2 is 2.06 bits per heavy atom. The molecule has 172 valence electrons. The van der Waals surface area contributed by atoms with Crippen LogP contribution < -0.4 is 15.6 Å². The smallest absolute Gasteiger partial charge is 0.274 e. The zero-order chi connectivity index (χ0) is 24.1. The van der Waals surface area contributed by atoms with Crippen molar-refractivity contribution in [2.75, 3.05) is 7.05 Å². The van der Waals surface area contributed by atoms with E-state index in [0.29, 0.717) is 26.4 Å². The molecular weight excluding hydrogens is 449 g/mol. The lowest BCUT2D eigenvalue weighted by Crippen LogP contribution is -2.19. The van der Waals surface area contributed by atoms with E-state index in [4.69, 9.17) is 4.74 Å². The summed E-state index contributed by atoms with van der Waals surface area (Å²) in [5.74, 6) is -0.568. The van der Waals surface area contributed by atoms with Gasteiger partial charge in [-0.05, 0) is 32.9 Å². The number of aromatic amines is 1. The van der Waals surface area contributed by atoms with Crippen molar-refractivity contribution in [3.05, 3.63) is 57.0 Å². The number of aryl methyl sites for hydroxylation is 2. The first kappa shape index (κ1) is 22.6. The van der Waals surface area contributed by atoms with Gasteiger partial charge in [-0.15, -0.1) is 11.3 Å². The highest BCUT2D eigenvalue weighted by atomic mass is 32.1. The van der Waals surface area contributed by atoms with E-state index in [9.17, 15) is 19.1 Å². The topological polar surface area (TPSA) is 122 Å². The molecule has 9 nitrogen and oxygen atoms in total. The van der Waals surface area contributed by atoms with Gasteiger partial charge in [-0.3, -0.25) is 9.59 Å². The van der Waals surface area contributed by atoms with Crippen LogP contribution in [-0.4, -0.2) is 37.6 Å². The summed E-state index contributed by atoms with van der Waals surface area (Å²) in [7, 11) is 3.09. The van der Waals surface area contributed by atoms with Gasteiger partial charge in [-0.2, -0.15) is 0 Å². The van der Waals surface area contributed by atoms with Crippen molar-refractivity contribution in [2.45, 2.75) is 26.4 Å². The van der Waals surface area contributed by atoms with Crippen molar-refractivity contribution in [3.63, 3.8) is 0 Å². The van der Waals surface area contributed by atoms with E-state index in [1.807, 2.05) is 0 Å². The minimum Gasteiger partial charge on any atom is -0.419 e. The maximum atomic E-state index is 13.5. The van der Waals surface area contributed by atoms with E-state index < -0.39 is 11.4 Å². The molecule has 0 radical (unpaired) electrons. The number of thiazole rings is 1. The molecule has 0 aliphatic carbocycles. The third-order valence-corrected chi connectivity index (χ3v) is 6.37. The summed E-state index contributed by atoms with van der Waals surface area (Å²) in [6, 6.07) is 2.87. The van der Waals surface area contributed by atoms with Gasteiger partial charge in [-0.1, -0.05) is 0 Å². The molecule has 0 atom stereocenters. The van der Waals surface area contributed by atoms with Crippen molar-refractivity contribution in [1.29, 1.82) is 0 Å². The van der Waals surface area contributed by atoms with Gasteiger partial charge in [0.1, 0.15) is 32.5 Å². The fourth-order valence-corrected chi connectivity index (χ4v) is 4.32. The van der Waals surface area contributed by atoms with Crippen LogP contribution in [0.5, 0.6) is 11.8 Å². The summed E-state index contributed by atoms with van der Waals surface area (Å²) in [6.07, 6.45) is 2.66. The van der Waals surface area contributed by atoms with Gasteiger partial charge in [0.05, 0.1) is 6.20 Å². The van der Waals surface area contributed by atoms with Crippen LogP contribution in [0.2, 0.25) is 0 Å². The second-order valence-electron chi connectivity index (χ2n) is 8.10. The Bertz CT molecular complexity index is 1450. The maximum absolute atomic E-state index is 13.5. The summed E-state index contributed by atoms with van der Waals surface area (Å²) < 4.78 is 20.9. The molecule has 3 N–H and O–H groups in total. The highest BCUT2D eigenvalue weighted by molar-refractivity contribution is 7.15. The number of ether oxygens (including phenoxy) is 1. The second-order valence-corrected chi connectivity index (χ2v) is 9.10. The third-order valence-electron chi connectivity index (χ3n) is 4.99. The van der Waals surface area contributed by atoms with Crippen LogP contribution >= 0.6 is 11.3 Å². The first-order valence-electron chi connectivity index (χ1n) is 9.98. The number of pyridine rings is 2. The number of fused-ring (bicyclic) bond motifs is 1. The summed E-state index contributed by atoms with van der Waals surface area (Å²) in [5.41, 5.74) is -0.0715. The van der Waals surface area contributed by atoms with Crippen molar-refractivity contribution in [2.24, 2.45) is 7.05 Å². The maximum Gasteiger partial charge on any atom is 0.274 e. The van der Waals surface area contributed by atoms with E-state index >= 15 is 0 Å². The lowest BCUT2D eigenvalue weighted by atomic mass is 10.1. The number of amides is 1. The Labute approximate surface area is 191 Å². The molecule has 4 aromatic heterocycles. The number of halogens is 1. The van der Waals surface area contributed by atoms with E-state index in [1.54, 1.807) is 40.1 Å². The highest BCUT2D eigenvalue weighted by Gasteiger charge is 2.28. The number of rotatable bonds is 5. The highest BCUT2D eigenvalue weighted by Crippen LogP contribution is 2.43. The second kappa shape index (κ2) is 8.09. The molecular formula is C22H22FN5O4S. The van der Waals surface area contributed by atoms with Crippen LogP contribution in [0.3, 0.4) is 0 Å². The molecule has 0 aromatic carbocycles. The molecule has 0 aliphatic rings. The van der Waals surface area contributed by atoms with Gasteiger partial charge < -0.3 is 24.7 Å². The summed E-state index contributed by atoms with van der Waals surface area (Å²) in [4.78, 5) is 36.8. The molecule has 0 unspecified atom stereocenters. The Morgan fingerprint density at radius 3 is 2.70 bits per heavy atom. The molecule has 0 bridgehead atoms. The molecule has 1 amide bonds. The Balaban J connectivity index is 1.97. The number of carbonyl (C=O) groups excluding carboxylic acids is 1.